The molecule has 100 valence electrons. The van der Waals surface area contributed by atoms with Crippen molar-refractivity contribution in [2.45, 2.75) is 0 Å². The Hall–Kier alpha value is -1.60. The molecule has 2 rings (SSSR count). The van der Waals surface area contributed by atoms with Crippen molar-refractivity contribution in [3.63, 3.8) is 0 Å². The van der Waals surface area contributed by atoms with Crippen molar-refractivity contribution in [2.75, 3.05) is 45.9 Å². The third kappa shape index (κ3) is 2.62. The van der Waals surface area contributed by atoms with Crippen molar-refractivity contribution >= 4 is 11.9 Å². The van der Waals surface area contributed by atoms with Crippen molar-refractivity contribution in [1.29, 1.82) is 0 Å². The maximum absolute atomic E-state index is 11.6. The highest BCUT2D eigenvalue weighted by molar-refractivity contribution is 6.04. The molecule has 7 heteroatoms. The number of carboxylic acid groups (broad SMARTS) is 1. The first-order valence-electron chi connectivity index (χ1n) is 5.84. The number of carbonyl (C=O) groups is 2. The highest BCUT2D eigenvalue weighted by Gasteiger charge is 2.33. The quantitative estimate of drug-likeness (QED) is 0.674. The van der Waals surface area contributed by atoms with E-state index in [2.05, 4.69) is 4.90 Å². The molecule has 0 aromatic rings. The van der Waals surface area contributed by atoms with Gasteiger partial charge in [-0.15, -0.1) is 0 Å². The minimum absolute atomic E-state index is 0.0235. The van der Waals surface area contributed by atoms with Gasteiger partial charge in [0, 0.05) is 26.2 Å². The van der Waals surface area contributed by atoms with Crippen LogP contribution in [0.1, 0.15) is 0 Å². The number of hydrogen-bond acceptors (Lipinski definition) is 5. The predicted molar refractivity (Wildman–Crippen MR) is 61.1 cm³/mol. The first kappa shape index (κ1) is 12.8. The molecule has 2 heterocycles. The Bertz CT molecular complexity index is 387. The number of amides is 1. The first-order valence-corrected chi connectivity index (χ1v) is 5.84. The van der Waals surface area contributed by atoms with E-state index in [9.17, 15) is 14.7 Å². The molecule has 1 amide bonds. The van der Waals surface area contributed by atoms with Gasteiger partial charge in [-0.1, -0.05) is 0 Å². The first-order chi connectivity index (χ1) is 8.59. The standard InChI is InChI=1S/C11H16N2O5/c14-9-8(11(16)17)7-13(10(9)15)2-1-12-3-5-18-6-4-12/h14H,1-7H2,(H,16,17). The molecule has 2 N–H and O–H groups in total. The summed E-state index contributed by atoms with van der Waals surface area (Å²) in [7, 11) is 0. The summed E-state index contributed by atoms with van der Waals surface area (Å²) >= 11 is 0. The van der Waals surface area contributed by atoms with Crippen LogP contribution in [0.2, 0.25) is 0 Å². The number of ether oxygens (including phenoxy) is 1. The van der Waals surface area contributed by atoms with E-state index < -0.39 is 17.6 Å². The zero-order valence-corrected chi connectivity index (χ0v) is 9.96. The monoisotopic (exact) mass is 256 g/mol. The molecular formula is C11H16N2O5. The van der Waals surface area contributed by atoms with E-state index in [-0.39, 0.29) is 12.1 Å². The molecule has 7 nitrogen and oxygen atoms in total. The van der Waals surface area contributed by atoms with Crippen LogP contribution in [-0.2, 0) is 14.3 Å². The zero-order chi connectivity index (χ0) is 13.1. The number of aliphatic hydroxyl groups is 1. The molecular weight excluding hydrogens is 240 g/mol. The molecule has 0 unspecified atom stereocenters. The Kier molecular flexibility index (Phi) is 3.83. The number of rotatable bonds is 4. The molecule has 0 aliphatic carbocycles. The summed E-state index contributed by atoms with van der Waals surface area (Å²) in [6.45, 7) is 4.04. The van der Waals surface area contributed by atoms with E-state index >= 15 is 0 Å². The third-order valence-electron chi connectivity index (χ3n) is 3.17. The minimum atomic E-state index is -1.24. The average molecular weight is 256 g/mol. The van der Waals surface area contributed by atoms with E-state index in [0.717, 1.165) is 13.1 Å². The van der Waals surface area contributed by atoms with Gasteiger partial charge in [0.1, 0.15) is 5.57 Å². The topological polar surface area (TPSA) is 90.3 Å². The summed E-state index contributed by atoms with van der Waals surface area (Å²) < 4.78 is 5.21. The number of nitrogens with zero attached hydrogens (tertiary/aromatic N) is 2. The second-order valence-corrected chi connectivity index (χ2v) is 4.31. The van der Waals surface area contributed by atoms with Gasteiger partial charge in [-0.3, -0.25) is 9.69 Å². The predicted octanol–water partition coefficient (Wildman–Crippen LogP) is -0.942. The van der Waals surface area contributed by atoms with Crippen LogP contribution in [0.15, 0.2) is 11.3 Å². The van der Waals surface area contributed by atoms with Gasteiger partial charge < -0.3 is 19.8 Å². The van der Waals surface area contributed by atoms with Gasteiger partial charge in [-0.05, 0) is 0 Å². The number of aliphatic hydroxyl groups excluding tert-OH is 1. The summed E-state index contributed by atoms with van der Waals surface area (Å²) in [5.41, 5.74) is -0.220. The van der Waals surface area contributed by atoms with Gasteiger partial charge in [-0.25, -0.2) is 4.79 Å². The van der Waals surface area contributed by atoms with E-state index in [1.54, 1.807) is 0 Å². The molecule has 0 saturated carbocycles. The molecule has 0 aromatic heterocycles. The zero-order valence-electron chi connectivity index (χ0n) is 9.96. The SMILES string of the molecule is O=C(O)C1=C(O)C(=O)N(CCN2CCOCC2)C1. The molecule has 0 spiro atoms. The van der Waals surface area contributed by atoms with Gasteiger partial charge in [0.25, 0.3) is 5.91 Å². The Labute approximate surface area is 104 Å². The van der Waals surface area contributed by atoms with Crippen molar-refractivity contribution in [2.24, 2.45) is 0 Å². The molecule has 0 bridgehead atoms. The molecule has 2 aliphatic heterocycles. The van der Waals surface area contributed by atoms with Crippen LogP contribution < -0.4 is 0 Å². The highest BCUT2D eigenvalue weighted by Crippen LogP contribution is 2.16. The van der Waals surface area contributed by atoms with Crippen molar-refractivity contribution in [1.82, 2.24) is 9.80 Å². The Morgan fingerprint density at radius 3 is 2.50 bits per heavy atom. The molecule has 0 radical (unpaired) electrons. The molecule has 0 atom stereocenters. The molecule has 18 heavy (non-hydrogen) atoms. The summed E-state index contributed by atoms with van der Waals surface area (Å²) in [6, 6.07) is 0. The Morgan fingerprint density at radius 1 is 1.28 bits per heavy atom. The maximum atomic E-state index is 11.6. The lowest BCUT2D eigenvalue weighted by molar-refractivity contribution is -0.133. The van der Waals surface area contributed by atoms with E-state index in [4.69, 9.17) is 9.84 Å². The third-order valence-corrected chi connectivity index (χ3v) is 3.17. The van der Waals surface area contributed by atoms with Crippen LogP contribution in [0.4, 0.5) is 0 Å². The van der Waals surface area contributed by atoms with Crippen LogP contribution in [-0.4, -0.2) is 77.8 Å². The summed E-state index contributed by atoms with van der Waals surface area (Å²) in [5, 5.41) is 18.2. The van der Waals surface area contributed by atoms with E-state index in [1.165, 1.54) is 4.90 Å². The number of aliphatic carboxylic acids is 1. The summed E-state index contributed by atoms with van der Waals surface area (Å²) in [4.78, 5) is 25.9. The molecule has 0 aromatic carbocycles. The number of hydrogen-bond donors (Lipinski definition) is 2. The smallest absolute Gasteiger partial charge is 0.337 e. The van der Waals surface area contributed by atoms with Gasteiger partial charge in [0.05, 0.1) is 19.8 Å². The lowest BCUT2D eigenvalue weighted by Gasteiger charge is -2.28. The van der Waals surface area contributed by atoms with Gasteiger partial charge in [-0.2, -0.15) is 0 Å². The van der Waals surface area contributed by atoms with Gasteiger partial charge >= 0.3 is 5.97 Å². The Balaban J connectivity index is 1.85. The van der Waals surface area contributed by atoms with E-state index in [0.29, 0.717) is 26.3 Å². The van der Waals surface area contributed by atoms with Crippen molar-refractivity contribution in [3.8, 4) is 0 Å². The molecule has 2 aliphatic rings. The minimum Gasteiger partial charge on any atom is -0.503 e. The van der Waals surface area contributed by atoms with Crippen LogP contribution in [0.5, 0.6) is 0 Å². The lowest BCUT2D eigenvalue weighted by Crippen LogP contribution is -2.42. The van der Waals surface area contributed by atoms with Crippen molar-refractivity contribution in [3.05, 3.63) is 11.3 Å². The van der Waals surface area contributed by atoms with Gasteiger partial charge in [0.15, 0.2) is 5.76 Å². The normalized spacial score (nSPS) is 21.8. The molecule has 1 saturated heterocycles. The summed E-state index contributed by atoms with van der Waals surface area (Å²) in [5.74, 6) is -2.47. The van der Waals surface area contributed by atoms with Crippen molar-refractivity contribution < 1.29 is 24.5 Å². The largest absolute Gasteiger partial charge is 0.503 e. The van der Waals surface area contributed by atoms with Gasteiger partial charge in [0.2, 0.25) is 0 Å². The fourth-order valence-corrected chi connectivity index (χ4v) is 2.05. The molecule has 1 fully saturated rings. The van der Waals surface area contributed by atoms with Crippen LogP contribution in [0.3, 0.4) is 0 Å². The van der Waals surface area contributed by atoms with Crippen LogP contribution >= 0.6 is 0 Å². The maximum Gasteiger partial charge on any atom is 0.337 e. The highest BCUT2D eigenvalue weighted by atomic mass is 16.5. The van der Waals surface area contributed by atoms with E-state index in [1.807, 2.05) is 0 Å². The average Bonchev–Trinajstić information content (AvgIpc) is 2.65. The van der Waals surface area contributed by atoms with Crippen LogP contribution in [0, 0.1) is 0 Å². The summed E-state index contributed by atoms with van der Waals surface area (Å²) in [6.07, 6.45) is 0. The number of morpholine rings is 1. The number of carboxylic acids is 1. The fraction of sp³-hybridized carbons (Fsp3) is 0.636. The van der Waals surface area contributed by atoms with Crippen LogP contribution in [0.25, 0.3) is 0 Å². The fourth-order valence-electron chi connectivity index (χ4n) is 2.05. The lowest BCUT2D eigenvalue weighted by atomic mass is 10.3. The Morgan fingerprint density at radius 2 is 1.94 bits per heavy atom. The number of carbonyl (C=O) groups excluding carboxylic acids is 1. The second kappa shape index (κ2) is 5.36. The second-order valence-electron chi connectivity index (χ2n) is 4.31.